The zero-order valence-electron chi connectivity index (χ0n) is 14.9. The zero-order valence-corrected chi connectivity index (χ0v) is 14.9. The molecule has 0 aromatic rings. The number of rotatable bonds is 1. The molecular weight excluding hydrogens is 304 g/mol. The van der Waals surface area contributed by atoms with Gasteiger partial charge in [0.15, 0.2) is 11.9 Å². The van der Waals surface area contributed by atoms with Crippen LogP contribution in [0.25, 0.3) is 0 Å². The predicted molar refractivity (Wildman–Crippen MR) is 89.1 cm³/mol. The van der Waals surface area contributed by atoms with E-state index >= 15 is 0 Å². The van der Waals surface area contributed by atoms with Crippen molar-refractivity contribution in [3.63, 3.8) is 0 Å². The van der Waals surface area contributed by atoms with Gasteiger partial charge < -0.3 is 9.84 Å². The third-order valence-electron chi connectivity index (χ3n) is 7.91. The Kier molecular flexibility index (Phi) is 4.02. The van der Waals surface area contributed by atoms with Crippen LogP contribution in [-0.2, 0) is 14.3 Å². The first-order valence-corrected chi connectivity index (χ1v) is 9.76. The molecule has 0 unspecified atom stereocenters. The Balaban J connectivity index is 1.55. The Morgan fingerprint density at radius 3 is 2.67 bits per heavy atom. The van der Waals surface area contributed by atoms with Crippen LogP contribution in [0.5, 0.6) is 0 Å². The summed E-state index contributed by atoms with van der Waals surface area (Å²) in [5, 5.41) is 10.00. The molecule has 24 heavy (non-hydrogen) atoms. The molecule has 4 aliphatic carbocycles. The molecule has 0 bridgehead atoms. The van der Waals surface area contributed by atoms with E-state index < -0.39 is 6.10 Å². The van der Waals surface area contributed by atoms with E-state index in [9.17, 15) is 14.7 Å². The summed E-state index contributed by atoms with van der Waals surface area (Å²) in [6.07, 6.45) is 7.60. The van der Waals surface area contributed by atoms with Gasteiger partial charge >= 0.3 is 5.97 Å². The summed E-state index contributed by atoms with van der Waals surface area (Å²) in [6, 6.07) is 0. The summed E-state index contributed by atoms with van der Waals surface area (Å²) in [5.74, 6) is 2.88. The van der Waals surface area contributed by atoms with Crippen molar-refractivity contribution in [2.45, 2.75) is 77.4 Å². The largest absolute Gasteiger partial charge is 0.454 e. The van der Waals surface area contributed by atoms with Crippen molar-refractivity contribution in [2.75, 3.05) is 0 Å². The lowest BCUT2D eigenvalue weighted by Crippen LogP contribution is -2.49. The van der Waals surface area contributed by atoms with Gasteiger partial charge in [0.1, 0.15) is 0 Å². The number of Topliss-reactive ketones (excluding diaryl/α,β-unsaturated/α-hetero) is 1. The SMILES string of the molecule is CC(=O)O[C@@H]1C(=O)C[C@@H]2[C@H]3C[C@H]4CC[C@@H](O)C[C@@H]4C[C@@H]3CC[C@@]12C. The van der Waals surface area contributed by atoms with Crippen LogP contribution < -0.4 is 0 Å². The highest BCUT2D eigenvalue weighted by Gasteiger charge is 2.60. The minimum Gasteiger partial charge on any atom is -0.454 e. The van der Waals surface area contributed by atoms with E-state index in [4.69, 9.17) is 4.74 Å². The molecule has 4 rings (SSSR count). The number of ether oxygens (including phenoxy) is 1. The summed E-state index contributed by atoms with van der Waals surface area (Å²) in [4.78, 5) is 24.0. The highest BCUT2D eigenvalue weighted by Crippen LogP contribution is 2.61. The summed E-state index contributed by atoms with van der Waals surface area (Å²) in [5.41, 5.74) is -0.162. The number of fused-ring (bicyclic) bond motifs is 4. The summed E-state index contributed by atoms with van der Waals surface area (Å²) in [7, 11) is 0. The highest BCUT2D eigenvalue weighted by molar-refractivity contribution is 5.89. The fourth-order valence-electron chi connectivity index (χ4n) is 6.77. The van der Waals surface area contributed by atoms with Gasteiger partial charge in [-0.1, -0.05) is 6.92 Å². The molecule has 0 spiro atoms. The third kappa shape index (κ3) is 2.53. The van der Waals surface area contributed by atoms with Crippen LogP contribution in [0, 0.1) is 35.0 Å². The van der Waals surface area contributed by atoms with E-state index in [1.807, 2.05) is 0 Å². The number of aliphatic hydroxyl groups excluding tert-OH is 1. The number of esters is 1. The van der Waals surface area contributed by atoms with Crippen LogP contribution in [-0.4, -0.2) is 29.1 Å². The topological polar surface area (TPSA) is 63.6 Å². The number of hydrogen-bond acceptors (Lipinski definition) is 4. The van der Waals surface area contributed by atoms with Crippen molar-refractivity contribution in [3.8, 4) is 0 Å². The van der Waals surface area contributed by atoms with Crippen molar-refractivity contribution < 1.29 is 19.4 Å². The normalized spacial score (nSPS) is 50.6. The molecule has 0 aromatic heterocycles. The summed E-state index contributed by atoms with van der Waals surface area (Å²) >= 11 is 0. The number of carbonyl (C=O) groups is 2. The van der Waals surface area contributed by atoms with Crippen LogP contribution in [0.2, 0.25) is 0 Å². The average molecular weight is 334 g/mol. The average Bonchev–Trinajstić information content (AvgIpc) is 2.77. The number of carbonyl (C=O) groups excluding carboxylic acids is 2. The van der Waals surface area contributed by atoms with Crippen molar-refractivity contribution in [1.82, 2.24) is 0 Å². The fraction of sp³-hybridized carbons (Fsp3) is 0.900. The summed E-state index contributed by atoms with van der Waals surface area (Å²) in [6.45, 7) is 3.59. The molecule has 134 valence electrons. The van der Waals surface area contributed by atoms with Crippen molar-refractivity contribution in [2.24, 2.45) is 35.0 Å². The van der Waals surface area contributed by atoms with Crippen LogP contribution in [0.15, 0.2) is 0 Å². The molecule has 0 heterocycles. The lowest BCUT2D eigenvalue weighted by Gasteiger charge is -2.53. The van der Waals surface area contributed by atoms with Crippen LogP contribution in [0.4, 0.5) is 0 Å². The van der Waals surface area contributed by atoms with Gasteiger partial charge in [0.25, 0.3) is 0 Å². The molecule has 0 saturated heterocycles. The van der Waals surface area contributed by atoms with E-state index in [-0.39, 0.29) is 23.3 Å². The first kappa shape index (κ1) is 16.6. The van der Waals surface area contributed by atoms with Crippen molar-refractivity contribution in [3.05, 3.63) is 0 Å². The molecule has 0 amide bonds. The highest BCUT2D eigenvalue weighted by atomic mass is 16.5. The van der Waals surface area contributed by atoms with E-state index in [1.54, 1.807) is 0 Å². The van der Waals surface area contributed by atoms with Gasteiger partial charge in [-0.15, -0.1) is 0 Å². The van der Waals surface area contributed by atoms with Crippen LogP contribution in [0.1, 0.15) is 65.2 Å². The number of hydrogen-bond donors (Lipinski definition) is 1. The Labute approximate surface area is 144 Å². The molecule has 4 nitrogen and oxygen atoms in total. The van der Waals surface area contributed by atoms with Gasteiger partial charge in [0, 0.05) is 18.8 Å². The van der Waals surface area contributed by atoms with Crippen LogP contribution in [0.3, 0.4) is 0 Å². The monoisotopic (exact) mass is 334 g/mol. The number of ketones is 1. The van der Waals surface area contributed by atoms with Gasteiger partial charge in [-0.2, -0.15) is 0 Å². The lowest BCUT2D eigenvalue weighted by molar-refractivity contribution is -0.161. The second-order valence-corrected chi connectivity index (χ2v) is 9.19. The van der Waals surface area contributed by atoms with Gasteiger partial charge in [-0.05, 0) is 74.5 Å². The Hall–Kier alpha value is -0.900. The van der Waals surface area contributed by atoms with E-state index in [0.717, 1.165) is 38.0 Å². The fourth-order valence-corrected chi connectivity index (χ4v) is 6.77. The lowest BCUT2D eigenvalue weighted by atomic mass is 9.52. The second kappa shape index (κ2) is 5.82. The third-order valence-corrected chi connectivity index (χ3v) is 7.91. The molecule has 1 N–H and O–H groups in total. The number of aliphatic hydroxyl groups is 1. The quantitative estimate of drug-likeness (QED) is 0.748. The summed E-state index contributed by atoms with van der Waals surface area (Å²) < 4.78 is 5.47. The van der Waals surface area contributed by atoms with E-state index in [0.29, 0.717) is 30.1 Å². The maximum absolute atomic E-state index is 12.6. The molecule has 4 fully saturated rings. The molecule has 0 radical (unpaired) electrons. The molecule has 4 aliphatic rings. The van der Waals surface area contributed by atoms with Crippen LogP contribution >= 0.6 is 0 Å². The minimum atomic E-state index is -0.521. The smallest absolute Gasteiger partial charge is 0.303 e. The van der Waals surface area contributed by atoms with Gasteiger partial charge in [-0.25, -0.2) is 0 Å². The van der Waals surface area contributed by atoms with Gasteiger partial charge in [-0.3, -0.25) is 9.59 Å². The standard InChI is InChI=1S/C20H30O4/c1-11(21)24-19-18(23)10-17-16-9-12-3-4-15(22)8-14(12)7-13(16)5-6-20(17,19)2/h12-17,19,22H,3-10H2,1-2H3/t12-,13+,14+,15-,16+,17-,19-,20-/m1/s1. The zero-order chi connectivity index (χ0) is 17.1. The van der Waals surface area contributed by atoms with E-state index in [2.05, 4.69) is 6.92 Å². The van der Waals surface area contributed by atoms with Crippen molar-refractivity contribution in [1.29, 1.82) is 0 Å². The molecule has 0 aliphatic heterocycles. The predicted octanol–water partition coefficient (Wildman–Crippen LogP) is 3.11. The Morgan fingerprint density at radius 1 is 1.12 bits per heavy atom. The van der Waals surface area contributed by atoms with Gasteiger partial charge in [0.05, 0.1) is 6.10 Å². The maximum Gasteiger partial charge on any atom is 0.303 e. The van der Waals surface area contributed by atoms with Gasteiger partial charge in [0.2, 0.25) is 0 Å². The molecule has 4 saturated carbocycles. The molecule has 0 aromatic carbocycles. The first-order valence-electron chi connectivity index (χ1n) is 9.76. The van der Waals surface area contributed by atoms with Crippen molar-refractivity contribution >= 4 is 11.8 Å². The van der Waals surface area contributed by atoms with E-state index in [1.165, 1.54) is 19.8 Å². The minimum absolute atomic E-state index is 0.0990. The molecule has 8 atom stereocenters. The second-order valence-electron chi connectivity index (χ2n) is 9.19. The molecule has 4 heteroatoms. The Morgan fingerprint density at radius 2 is 1.92 bits per heavy atom. The molecular formula is C20H30O4. The maximum atomic E-state index is 12.6. The first-order chi connectivity index (χ1) is 11.4. The Bertz CT molecular complexity index is 544.